The summed E-state index contributed by atoms with van der Waals surface area (Å²) in [5, 5.41) is 2.33. The summed E-state index contributed by atoms with van der Waals surface area (Å²) in [5.41, 5.74) is 6.12. The molecule has 5 nitrogen and oxygen atoms in total. The Morgan fingerprint density at radius 1 is 1.42 bits per heavy atom. The van der Waals surface area contributed by atoms with E-state index in [-0.39, 0.29) is 11.4 Å². The number of anilines is 2. The number of amides is 1. The van der Waals surface area contributed by atoms with Gasteiger partial charge in [-0.1, -0.05) is 0 Å². The van der Waals surface area contributed by atoms with Crippen molar-refractivity contribution in [2.24, 2.45) is 0 Å². The van der Waals surface area contributed by atoms with E-state index >= 15 is 0 Å². The second-order valence-electron chi connectivity index (χ2n) is 3.61. The first kappa shape index (κ1) is 15.1. The van der Waals surface area contributed by atoms with E-state index in [1.165, 1.54) is 19.2 Å². The molecular formula is C11H13F3N2O3. The molecule has 0 unspecified atom stereocenters. The van der Waals surface area contributed by atoms with Crippen LogP contribution in [0.4, 0.5) is 24.5 Å². The zero-order valence-electron chi connectivity index (χ0n) is 10.1. The monoisotopic (exact) mass is 278 g/mol. The van der Waals surface area contributed by atoms with E-state index < -0.39 is 25.3 Å². The summed E-state index contributed by atoms with van der Waals surface area (Å²) in [5.74, 6) is -0.273. The third kappa shape index (κ3) is 5.47. The van der Waals surface area contributed by atoms with E-state index in [1.807, 2.05) is 0 Å². The maximum atomic E-state index is 11.8. The number of carbonyl (C=O) groups is 1. The standard InChI is InChI=1S/C11H13F3N2O3/c1-18-7-2-3-8(15)9(4-7)16-10(17)5-19-6-11(12,13)14/h2-4H,5-6,15H2,1H3,(H,16,17). The van der Waals surface area contributed by atoms with Crippen molar-refractivity contribution < 1.29 is 27.4 Å². The Bertz CT molecular complexity index is 449. The van der Waals surface area contributed by atoms with Crippen molar-refractivity contribution in [3.63, 3.8) is 0 Å². The number of carbonyl (C=O) groups excluding carboxylic acids is 1. The molecule has 1 aromatic rings. The van der Waals surface area contributed by atoms with E-state index in [4.69, 9.17) is 10.5 Å². The molecule has 106 valence electrons. The molecule has 0 aliphatic carbocycles. The molecule has 0 spiro atoms. The molecule has 0 heterocycles. The van der Waals surface area contributed by atoms with Crippen molar-refractivity contribution in [1.29, 1.82) is 0 Å². The molecule has 19 heavy (non-hydrogen) atoms. The molecule has 8 heteroatoms. The number of nitrogens with two attached hydrogens (primary N) is 1. The molecule has 0 aromatic heterocycles. The van der Waals surface area contributed by atoms with E-state index in [9.17, 15) is 18.0 Å². The summed E-state index contributed by atoms with van der Waals surface area (Å²) < 4.78 is 44.6. The Hall–Kier alpha value is -1.96. The highest BCUT2D eigenvalue weighted by Crippen LogP contribution is 2.24. The number of ether oxygens (including phenoxy) is 2. The Balaban J connectivity index is 2.52. The fourth-order valence-electron chi connectivity index (χ4n) is 1.22. The quantitative estimate of drug-likeness (QED) is 0.805. The van der Waals surface area contributed by atoms with Gasteiger partial charge in [-0.15, -0.1) is 0 Å². The van der Waals surface area contributed by atoms with Gasteiger partial charge in [0.25, 0.3) is 0 Å². The number of nitrogens with one attached hydrogen (secondary N) is 1. The van der Waals surface area contributed by atoms with Gasteiger partial charge in [-0.3, -0.25) is 4.79 Å². The molecule has 1 amide bonds. The molecule has 0 fully saturated rings. The molecule has 0 radical (unpaired) electrons. The lowest BCUT2D eigenvalue weighted by Crippen LogP contribution is -2.24. The molecule has 0 bridgehead atoms. The van der Waals surface area contributed by atoms with Crippen LogP contribution in [-0.4, -0.2) is 32.4 Å². The van der Waals surface area contributed by atoms with Gasteiger partial charge < -0.3 is 20.5 Å². The highest BCUT2D eigenvalue weighted by molar-refractivity contribution is 5.94. The summed E-state index contributed by atoms with van der Waals surface area (Å²) in [4.78, 5) is 11.4. The number of methoxy groups -OCH3 is 1. The zero-order chi connectivity index (χ0) is 14.5. The Morgan fingerprint density at radius 2 is 2.11 bits per heavy atom. The first-order valence-electron chi connectivity index (χ1n) is 5.19. The van der Waals surface area contributed by atoms with Crippen LogP contribution in [0.2, 0.25) is 0 Å². The summed E-state index contributed by atoms with van der Waals surface area (Å²) in [7, 11) is 1.43. The third-order valence-corrected chi connectivity index (χ3v) is 2.03. The van der Waals surface area contributed by atoms with Gasteiger partial charge in [0.1, 0.15) is 19.0 Å². The van der Waals surface area contributed by atoms with Crippen LogP contribution in [0, 0.1) is 0 Å². The van der Waals surface area contributed by atoms with Crippen molar-refractivity contribution in [2.45, 2.75) is 6.18 Å². The normalized spacial score (nSPS) is 11.2. The Kier molecular flexibility index (Phi) is 4.99. The summed E-state index contributed by atoms with van der Waals surface area (Å²) >= 11 is 0. The third-order valence-electron chi connectivity index (χ3n) is 2.03. The lowest BCUT2D eigenvalue weighted by Gasteiger charge is -2.11. The first-order chi connectivity index (χ1) is 8.81. The zero-order valence-corrected chi connectivity index (χ0v) is 10.1. The molecular weight excluding hydrogens is 265 g/mol. The molecule has 0 atom stereocenters. The van der Waals surface area contributed by atoms with Gasteiger partial charge >= 0.3 is 6.18 Å². The van der Waals surface area contributed by atoms with Crippen molar-refractivity contribution in [1.82, 2.24) is 0 Å². The predicted octanol–water partition coefficient (Wildman–Crippen LogP) is 1.79. The average Bonchev–Trinajstić information content (AvgIpc) is 2.30. The maximum absolute atomic E-state index is 11.8. The van der Waals surface area contributed by atoms with Crippen molar-refractivity contribution in [3.8, 4) is 5.75 Å². The van der Waals surface area contributed by atoms with Crippen LogP contribution in [0.3, 0.4) is 0 Å². The molecule has 1 aromatic carbocycles. The predicted molar refractivity (Wildman–Crippen MR) is 62.9 cm³/mol. The van der Waals surface area contributed by atoms with Gasteiger partial charge in [-0.05, 0) is 12.1 Å². The Labute approximate surface area is 107 Å². The lowest BCUT2D eigenvalue weighted by atomic mass is 10.2. The number of alkyl halides is 3. The fraction of sp³-hybridized carbons (Fsp3) is 0.364. The first-order valence-corrected chi connectivity index (χ1v) is 5.19. The molecule has 0 aliphatic rings. The van der Waals surface area contributed by atoms with E-state index in [0.717, 1.165) is 0 Å². The van der Waals surface area contributed by atoms with Crippen molar-refractivity contribution in [2.75, 3.05) is 31.4 Å². The minimum Gasteiger partial charge on any atom is -0.497 e. The summed E-state index contributed by atoms with van der Waals surface area (Å²) in [6, 6.07) is 4.55. The minimum absolute atomic E-state index is 0.250. The van der Waals surface area contributed by atoms with Crippen LogP contribution in [0.25, 0.3) is 0 Å². The van der Waals surface area contributed by atoms with Gasteiger partial charge in [0, 0.05) is 6.07 Å². The van der Waals surface area contributed by atoms with E-state index in [0.29, 0.717) is 5.75 Å². The lowest BCUT2D eigenvalue weighted by molar-refractivity contribution is -0.174. The molecule has 0 saturated carbocycles. The molecule has 3 N–H and O–H groups in total. The number of nitrogen functional groups attached to an aromatic ring is 1. The van der Waals surface area contributed by atoms with E-state index in [2.05, 4.69) is 10.1 Å². The smallest absolute Gasteiger partial charge is 0.411 e. The van der Waals surface area contributed by atoms with Gasteiger partial charge in [-0.2, -0.15) is 13.2 Å². The van der Waals surface area contributed by atoms with E-state index in [1.54, 1.807) is 6.07 Å². The second-order valence-corrected chi connectivity index (χ2v) is 3.61. The number of hydrogen-bond acceptors (Lipinski definition) is 4. The van der Waals surface area contributed by atoms with Crippen LogP contribution < -0.4 is 15.8 Å². The van der Waals surface area contributed by atoms with Crippen LogP contribution in [0.15, 0.2) is 18.2 Å². The number of hydrogen-bond donors (Lipinski definition) is 2. The van der Waals surface area contributed by atoms with Crippen LogP contribution in [0.5, 0.6) is 5.75 Å². The number of benzene rings is 1. The summed E-state index contributed by atoms with van der Waals surface area (Å²) in [6.45, 7) is -2.19. The Morgan fingerprint density at radius 3 is 2.68 bits per heavy atom. The topological polar surface area (TPSA) is 73.6 Å². The maximum Gasteiger partial charge on any atom is 0.411 e. The number of halogens is 3. The van der Waals surface area contributed by atoms with Crippen LogP contribution in [0.1, 0.15) is 0 Å². The average molecular weight is 278 g/mol. The highest BCUT2D eigenvalue weighted by Gasteiger charge is 2.27. The number of rotatable bonds is 5. The van der Waals surface area contributed by atoms with Crippen LogP contribution in [-0.2, 0) is 9.53 Å². The molecule has 1 rings (SSSR count). The second kappa shape index (κ2) is 6.28. The van der Waals surface area contributed by atoms with Gasteiger partial charge in [0.2, 0.25) is 5.91 Å². The highest BCUT2D eigenvalue weighted by atomic mass is 19.4. The van der Waals surface area contributed by atoms with Gasteiger partial charge in [0.05, 0.1) is 18.5 Å². The van der Waals surface area contributed by atoms with Gasteiger partial charge in [0.15, 0.2) is 0 Å². The molecule has 0 saturated heterocycles. The largest absolute Gasteiger partial charge is 0.497 e. The minimum atomic E-state index is -4.46. The molecule has 0 aliphatic heterocycles. The van der Waals surface area contributed by atoms with Crippen molar-refractivity contribution in [3.05, 3.63) is 18.2 Å². The fourth-order valence-corrected chi connectivity index (χ4v) is 1.22. The van der Waals surface area contributed by atoms with Crippen molar-refractivity contribution >= 4 is 17.3 Å². The van der Waals surface area contributed by atoms with Crippen LogP contribution >= 0.6 is 0 Å². The SMILES string of the molecule is COc1ccc(N)c(NC(=O)COCC(F)(F)F)c1. The van der Waals surface area contributed by atoms with Gasteiger partial charge in [-0.25, -0.2) is 0 Å². The summed E-state index contributed by atoms with van der Waals surface area (Å²) in [6.07, 6.45) is -4.46.